The monoisotopic (exact) mass is 421 g/mol. The van der Waals surface area contributed by atoms with E-state index in [1.54, 1.807) is 19.3 Å². The fraction of sp³-hybridized carbons (Fsp3) is 0.304. The summed E-state index contributed by atoms with van der Waals surface area (Å²) in [5.74, 6) is -0.746. The van der Waals surface area contributed by atoms with Crippen LogP contribution in [0.25, 0.3) is 10.6 Å². The van der Waals surface area contributed by atoms with Gasteiger partial charge in [-0.15, -0.1) is 11.3 Å². The smallest absolute Gasteiger partial charge is 0.312 e. The minimum atomic E-state index is -0.858. The van der Waals surface area contributed by atoms with E-state index < -0.39 is 12.1 Å². The van der Waals surface area contributed by atoms with Gasteiger partial charge in [-0.25, -0.2) is 4.98 Å². The Hall–Kier alpha value is -3.06. The Kier molecular flexibility index (Phi) is 6.18. The quantitative estimate of drug-likeness (QED) is 0.611. The van der Waals surface area contributed by atoms with E-state index >= 15 is 0 Å². The molecule has 0 unspecified atom stereocenters. The zero-order valence-electron chi connectivity index (χ0n) is 16.7. The van der Waals surface area contributed by atoms with Crippen molar-refractivity contribution in [2.24, 2.45) is 0 Å². The Balaban J connectivity index is 1.32. The first kappa shape index (κ1) is 20.2. The molecule has 7 heteroatoms. The molecule has 1 aromatic carbocycles. The molecule has 0 fully saturated rings. The van der Waals surface area contributed by atoms with Crippen LogP contribution in [0.2, 0.25) is 0 Å². The molecule has 0 saturated heterocycles. The van der Waals surface area contributed by atoms with Gasteiger partial charge in [0.05, 0.1) is 18.2 Å². The number of carbonyl (C=O) groups is 2. The van der Waals surface area contributed by atoms with Crippen molar-refractivity contribution in [2.75, 3.05) is 0 Å². The van der Waals surface area contributed by atoms with Gasteiger partial charge in [0, 0.05) is 23.3 Å². The van der Waals surface area contributed by atoms with Crippen LogP contribution >= 0.6 is 11.3 Å². The van der Waals surface area contributed by atoms with Gasteiger partial charge in [0.1, 0.15) is 5.01 Å². The predicted molar refractivity (Wildman–Crippen MR) is 115 cm³/mol. The lowest BCUT2D eigenvalue weighted by molar-refractivity contribution is -0.154. The summed E-state index contributed by atoms with van der Waals surface area (Å²) in [7, 11) is 0. The van der Waals surface area contributed by atoms with Crippen molar-refractivity contribution in [1.29, 1.82) is 0 Å². The molecule has 0 radical (unpaired) electrons. The Morgan fingerprint density at radius 1 is 1.27 bits per heavy atom. The van der Waals surface area contributed by atoms with Gasteiger partial charge < -0.3 is 10.1 Å². The molecular weight excluding hydrogens is 398 g/mol. The summed E-state index contributed by atoms with van der Waals surface area (Å²) < 4.78 is 5.36. The maximum absolute atomic E-state index is 12.6. The third kappa shape index (κ3) is 4.74. The number of aromatic nitrogens is 2. The fourth-order valence-electron chi connectivity index (χ4n) is 3.64. The van der Waals surface area contributed by atoms with Crippen molar-refractivity contribution < 1.29 is 14.3 Å². The van der Waals surface area contributed by atoms with Crippen LogP contribution < -0.4 is 5.32 Å². The largest absolute Gasteiger partial charge is 0.452 e. The highest BCUT2D eigenvalue weighted by molar-refractivity contribution is 7.13. The van der Waals surface area contributed by atoms with E-state index in [-0.39, 0.29) is 18.4 Å². The third-order valence-corrected chi connectivity index (χ3v) is 6.09. The molecule has 0 spiro atoms. The predicted octanol–water partition coefficient (Wildman–Crippen LogP) is 3.87. The van der Waals surface area contributed by atoms with Gasteiger partial charge >= 0.3 is 5.97 Å². The van der Waals surface area contributed by atoms with Crippen LogP contribution in [-0.4, -0.2) is 27.9 Å². The number of esters is 1. The van der Waals surface area contributed by atoms with Crippen LogP contribution in [0.5, 0.6) is 0 Å². The molecule has 4 rings (SSSR count). The molecule has 1 amide bonds. The highest BCUT2D eigenvalue weighted by atomic mass is 32.1. The van der Waals surface area contributed by atoms with Crippen LogP contribution in [0.3, 0.4) is 0 Å². The molecule has 2 aromatic heterocycles. The Bertz CT molecular complexity index is 1030. The number of thiazole rings is 1. The molecule has 1 aliphatic rings. The van der Waals surface area contributed by atoms with Gasteiger partial charge in [0.2, 0.25) is 0 Å². The number of aryl methyl sites for hydroxylation is 1. The highest BCUT2D eigenvalue weighted by Gasteiger charge is 2.25. The molecule has 154 valence electrons. The maximum Gasteiger partial charge on any atom is 0.312 e. The van der Waals surface area contributed by atoms with Gasteiger partial charge in [-0.3, -0.25) is 14.6 Å². The van der Waals surface area contributed by atoms with E-state index in [0.717, 1.165) is 35.4 Å². The summed E-state index contributed by atoms with van der Waals surface area (Å²) in [6.45, 7) is 1.60. The molecule has 0 saturated carbocycles. The lowest BCUT2D eigenvalue weighted by atomic mass is 9.87. The molecule has 0 bridgehead atoms. The number of hydrogen-bond acceptors (Lipinski definition) is 6. The minimum absolute atomic E-state index is 0.0284. The zero-order chi connectivity index (χ0) is 20.9. The number of fused-ring (bicyclic) bond motifs is 1. The first-order chi connectivity index (χ1) is 14.6. The SMILES string of the molecule is C[C@@H](OC(=O)Cc1csc(-c2cccnc2)n1)C(=O)N[C@@H]1CCCc2ccccc21. The lowest BCUT2D eigenvalue weighted by Gasteiger charge is -2.27. The number of ether oxygens (including phenoxy) is 1. The van der Waals surface area contributed by atoms with Crippen molar-refractivity contribution in [3.8, 4) is 10.6 Å². The van der Waals surface area contributed by atoms with E-state index in [9.17, 15) is 9.59 Å². The molecule has 2 atom stereocenters. The molecule has 1 aliphatic carbocycles. The van der Waals surface area contributed by atoms with Gasteiger partial charge in [0.25, 0.3) is 5.91 Å². The minimum Gasteiger partial charge on any atom is -0.452 e. The second kappa shape index (κ2) is 9.17. The number of rotatable bonds is 6. The van der Waals surface area contributed by atoms with Crippen molar-refractivity contribution >= 4 is 23.2 Å². The average molecular weight is 422 g/mol. The number of pyridine rings is 1. The molecule has 6 nitrogen and oxygen atoms in total. The fourth-order valence-corrected chi connectivity index (χ4v) is 4.45. The molecule has 30 heavy (non-hydrogen) atoms. The summed E-state index contributed by atoms with van der Waals surface area (Å²) in [6, 6.07) is 11.9. The van der Waals surface area contributed by atoms with E-state index in [4.69, 9.17) is 4.74 Å². The second-order valence-electron chi connectivity index (χ2n) is 7.35. The van der Waals surface area contributed by atoms with Crippen molar-refractivity contribution in [3.63, 3.8) is 0 Å². The van der Waals surface area contributed by atoms with Crippen LogP contribution in [0, 0.1) is 0 Å². The van der Waals surface area contributed by atoms with Crippen molar-refractivity contribution in [1.82, 2.24) is 15.3 Å². The average Bonchev–Trinajstić information content (AvgIpc) is 3.23. The number of nitrogens with one attached hydrogen (secondary N) is 1. The molecule has 1 N–H and O–H groups in total. The van der Waals surface area contributed by atoms with Crippen molar-refractivity contribution in [2.45, 2.75) is 44.8 Å². The summed E-state index contributed by atoms with van der Waals surface area (Å²) in [6.07, 6.45) is 5.55. The summed E-state index contributed by atoms with van der Waals surface area (Å²) in [5, 5.41) is 5.66. The first-order valence-corrected chi connectivity index (χ1v) is 10.9. The first-order valence-electron chi connectivity index (χ1n) is 10.0. The van der Waals surface area contributed by atoms with Crippen LogP contribution in [0.1, 0.15) is 42.6 Å². The normalized spacial score (nSPS) is 16.4. The van der Waals surface area contributed by atoms with Crippen LogP contribution in [-0.2, 0) is 27.2 Å². The number of nitrogens with zero attached hydrogens (tertiary/aromatic N) is 2. The molecular formula is C23H23N3O3S. The van der Waals surface area contributed by atoms with Gasteiger partial charge in [-0.2, -0.15) is 0 Å². The van der Waals surface area contributed by atoms with Gasteiger partial charge in [-0.05, 0) is 49.4 Å². The van der Waals surface area contributed by atoms with E-state index in [1.165, 1.54) is 16.9 Å². The lowest BCUT2D eigenvalue weighted by Crippen LogP contribution is -2.39. The number of hydrogen-bond donors (Lipinski definition) is 1. The number of carbonyl (C=O) groups excluding carboxylic acids is 2. The Morgan fingerprint density at radius 3 is 2.97 bits per heavy atom. The Labute approximate surface area is 179 Å². The number of amides is 1. The molecule has 2 heterocycles. The topological polar surface area (TPSA) is 81.2 Å². The van der Waals surface area contributed by atoms with Crippen LogP contribution in [0.4, 0.5) is 0 Å². The number of benzene rings is 1. The zero-order valence-corrected chi connectivity index (χ0v) is 17.5. The maximum atomic E-state index is 12.6. The molecule has 3 aromatic rings. The Morgan fingerprint density at radius 2 is 2.13 bits per heavy atom. The second-order valence-corrected chi connectivity index (χ2v) is 8.20. The third-order valence-electron chi connectivity index (χ3n) is 5.15. The highest BCUT2D eigenvalue weighted by Crippen LogP contribution is 2.29. The van der Waals surface area contributed by atoms with E-state index in [1.807, 2.05) is 29.6 Å². The van der Waals surface area contributed by atoms with Crippen LogP contribution in [0.15, 0.2) is 54.2 Å². The summed E-state index contributed by atoms with van der Waals surface area (Å²) in [5.41, 5.74) is 3.95. The van der Waals surface area contributed by atoms with Gasteiger partial charge in [0.15, 0.2) is 6.10 Å². The summed E-state index contributed by atoms with van der Waals surface area (Å²) >= 11 is 1.45. The molecule has 0 aliphatic heterocycles. The summed E-state index contributed by atoms with van der Waals surface area (Å²) in [4.78, 5) is 33.5. The van der Waals surface area contributed by atoms with Crippen molar-refractivity contribution in [3.05, 3.63) is 71.0 Å². The van der Waals surface area contributed by atoms with E-state index in [2.05, 4.69) is 27.4 Å². The standard InChI is InChI=1S/C23H23N3O3S/c1-15(22(28)26-20-10-4-7-16-6-2-3-9-19(16)20)29-21(27)12-18-14-30-23(25-18)17-8-5-11-24-13-17/h2-3,5-6,8-9,11,13-15,20H,4,7,10,12H2,1H3,(H,26,28)/t15-,20-/m1/s1. The van der Waals surface area contributed by atoms with Gasteiger partial charge in [-0.1, -0.05) is 24.3 Å². The van der Waals surface area contributed by atoms with E-state index in [0.29, 0.717) is 5.69 Å².